The van der Waals surface area contributed by atoms with Crippen LogP contribution < -0.4 is 10.6 Å². The molecule has 1 atom stereocenters. The Balaban J connectivity index is 1.87. The maximum atomic E-state index is 12.9. The van der Waals surface area contributed by atoms with Gasteiger partial charge >= 0.3 is 0 Å². The average molecular weight is 308 g/mol. The maximum absolute atomic E-state index is 12.9. The predicted octanol–water partition coefficient (Wildman–Crippen LogP) is 1.21. The number of carbonyl (C=O) groups is 2. The van der Waals surface area contributed by atoms with Crippen LogP contribution in [0.4, 0.5) is 4.39 Å². The van der Waals surface area contributed by atoms with Crippen molar-refractivity contribution in [1.29, 1.82) is 0 Å². The fourth-order valence-electron chi connectivity index (χ4n) is 2.59. The molecule has 5 nitrogen and oxygen atoms in total. The van der Waals surface area contributed by atoms with Gasteiger partial charge in [0.1, 0.15) is 5.82 Å². The van der Waals surface area contributed by atoms with Gasteiger partial charge in [-0.25, -0.2) is 4.39 Å². The minimum atomic E-state index is -1.82. The largest absolute Gasteiger partial charge is 0.376 e. The molecule has 0 bridgehead atoms. The second-order valence-corrected chi connectivity index (χ2v) is 5.81. The molecule has 3 N–H and O–H groups in total. The van der Waals surface area contributed by atoms with E-state index in [4.69, 9.17) is 0 Å². The van der Waals surface area contributed by atoms with E-state index in [0.29, 0.717) is 0 Å². The highest BCUT2D eigenvalue weighted by atomic mass is 19.1. The summed E-state index contributed by atoms with van der Waals surface area (Å²) in [5, 5.41) is 15.5. The van der Waals surface area contributed by atoms with E-state index in [1.807, 2.05) is 0 Å². The van der Waals surface area contributed by atoms with E-state index < -0.39 is 17.3 Å². The van der Waals surface area contributed by atoms with Gasteiger partial charge in [0.05, 0.1) is 6.54 Å². The quantitative estimate of drug-likeness (QED) is 0.765. The second-order valence-electron chi connectivity index (χ2n) is 5.81. The van der Waals surface area contributed by atoms with Crippen LogP contribution >= 0.6 is 0 Å². The van der Waals surface area contributed by atoms with Crippen molar-refractivity contribution in [3.8, 4) is 0 Å². The zero-order valence-electron chi connectivity index (χ0n) is 12.6. The number of benzene rings is 1. The zero-order chi connectivity index (χ0) is 16.2. The van der Waals surface area contributed by atoms with Crippen LogP contribution in [-0.4, -0.2) is 29.5 Å². The van der Waals surface area contributed by atoms with Crippen LogP contribution in [0.15, 0.2) is 24.3 Å². The fourth-order valence-corrected chi connectivity index (χ4v) is 2.59. The van der Waals surface area contributed by atoms with E-state index in [-0.39, 0.29) is 24.1 Å². The van der Waals surface area contributed by atoms with Crippen molar-refractivity contribution >= 4 is 11.8 Å². The van der Waals surface area contributed by atoms with Crippen LogP contribution in [0.25, 0.3) is 0 Å². The molecule has 1 aromatic carbocycles. The number of rotatable bonds is 5. The molecule has 1 aromatic rings. The molecule has 0 radical (unpaired) electrons. The summed E-state index contributed by atoms with van der Waals surface area (Å²) in [5.74, 6) is -1.41. The number of amides is 2. The smallest absolute Gasteiger partial charge is 0.256 e. The Kier molecular flexibility index (Phi) is 5.13. The summed E-state index contributed by atoms with van der Waals surface area (Å²) in [7, 11) is 0. The van der Waals surface area contributed by atoms with Gasteiger partial charge in [-0.05, 0) is 37.5 Å². The van der Waals surface area contributed by atoms with Gasteiger partial charge in [0.25, 0.3) is 5.91 Å². The molecule has 2 amide bonds. The molecule has 1 unspecified atom stereocenters. The standard InChI is InChI=1S/C16H21FN2O3/c1-16(22,11-6-8-12(17)9-7-11)15(21)18-10-14(20)19-13-4-2-3-5-13/h6-9,13,22H,2-5,10H2,1H3,(H,18,21)(H,19,20). The summed E-state index contributed by atoms with van der Waals surface area (Å²) in [6.45, 7) is 1.12. The van der Waals surface area contributed by atoms with Gasteiger partial charge in [0.15, 0.2) is 5.60 Å². The molecular formula is C16H21FN2O3. The van der Waals surface area contributed by atoms with Gasteiger partial charge in [-0.3, -0.25) is 9.59 Å². The van der Waals surface area contributed by atoms with Crippen molar-refractivity contribution in [2.75, 3.05) is 6.54 Å². The Labute approximate surface area is 128 Å². The molecule has 0 spiro atoms. The van der Waals surface area contributed by atoms with E-state index in [0.717, 1.165) is 25.7 Å². The lowest BCUT2D eigenvalue weighted by molar-refractivity contribution is -0.140. The van der Waals surface area contributed by atoms with Crippen LogP contribution in [0.3, 0.4) is 0 Å². The normalized spacial score (nSPS) is 17.8. The summed E-state index contributed by atoms with van der Waals surface area (Å²) in [4.78, 5) is 23.8. The topological polar surface area (TPSA) is 78.4 Å². The molecule has 0 aromatic heterocycles. The summed E-state index contributed by atoms with van der Waals surface area (Å²) < 4.78 is 12.9. The Morgan fingerprint density at radius 3 is 2.45 bits per heavy atom. The van der Waals surface area contributed by atoms with Crippen LogP contribution in [0.1, 0.15) is 38.2 Å². The van der Waals surface area contributed by atoms with Crippen LogP contribution in [0.5, 0.6) is 0 Å². The maximum Gasteiger partial charge on any atom is 0.256 e. The molecule has 1 fully saturated rings. The molecule has 6 heteroatoms. The Hall–Kier alpha value is -1.95. The Bertz CT molecular complexity index is 537. The monoisotopic (exact) mass is 308 g/mol. The molecule has 1 aliphatic carbocycles. The van der Waals surface area contributed by atoms with Gasteiger partial charge < -0.3 is 15.7 Å². The first-order valence-electron chi connectivity index (χ1n) is 7.45. The molecule has 2 rings (SSSR count). The minimum absolute atomic E-state index is 0.182. The van der Waals surface area contributed by atoms with Gasteiger partial charge in [-0.15, -0.1) is 0 Å². The number of hydrogen-bond donors (Lipinski definition) is 3. The predicted molar refractivity (Wildman–Crippen MR) is 79.4 cm³/mol. The van der Waals surface area contributed by atoms with E-state index in [9.17, 15) is 19.1 Å². The van der Waals surface area contributed by atoms with E-state index >= 15 is 0 Å². The highest BCUT2D eigenvalue weighted by molar-refractivity contribution is 5.89. The first-order chi connectivity index (χ1) is 10.4. The van der Waals surface area contributed by atoms with E-state index in [1.54, 1.807) is 0 Å². The molecule has 0 heterocycles. The van der Waals surface area contributed by atoms with E-state index in [2.05, 4.69) is 10.6 Å². The van der Waals surface area contributed by atoms with Crippen molar-refractivity contribution in [2.45, 2.75) is 44.2 Å². The number of aliphatic hydroxyl groups is 1. The minimum Gasteiger partial charge on any atom is -0.376 e. The Morgan fingerprint density at radius 2 is 1.86 bits per heavy atom. The second kappa shape index (κ2) is 6.87. The van der Waals surface area contributed by atoms with Crippen molar-refractivity contribution in [1.82, 2.24) is 10.6 Å². The molecular weight excluding hydrogens is 287 g/mol. The summed E-state index contributed by atoms with van der Waals surface area (Å²) in [5.41, 5.74) is -1.55. The molecule has 0 saturated heterocycles. The van der Waals surface area contributed by atoms with Crippen molar-refractivity contribution in [3.05, 3.63) is 35.6 Å². The average Bonchev–Trinajstić information content (AvgIpc) is 2.98. The zero-order valence-corrected chi connectivity index (χ0v) is 12.6. The fraction of sp³-hybridized carbons (Fsp3) is 0.500. The third-order valence-electron chi connectivity index (χ3n) is 3.98. The SMILES string of the molecule is CC(O)(C(=O)NCC(=O)NC1CCCC1)c1ccc(F)cc1. The third kappa shape index (κ3) is 4.04. The number of carbonyl (C=O) groups excluding carboxylic acids is 2. The van der Waals surface area contributed by atoms with Crippen LogP contribution in [-0.2, 0) is 15.2 Å². The summed E-state index contributed by atoms with van der Waals surface area (Å²) in [6, 6.07) is 5.21. The summed E-state index contributed by atoms with van der Waals surface area (Å²) in [6.07, 6.45) is 4.15. The lowest BCUT2D eigenvalue weighted by atomic mass is 9.95. The molecule has 1 aliphatic rings. The first-order valence-corrected chi connectivity index (χ1v) is 7.45. The Morgan fingerprint density at radius 1 is 1.27 bits per heavy atom. The van der Waals surface area contributed by atoms with Gasteiger partial charge in [0.2, 0.25) is 5.91 Å². The van der Waals surface area contributed by atoms with Crippen LogP contribution in [0.2, 0.25) is 0 Å². The third-order valence-corrected chi connectivity index (χ3v) is 3.98. The van der Waals surface area contributed by atoms with Crippen molar-refractivity contribution in [2.24, 2.45) is 0 Å². The van der Waals surface area contributed by atoms with Gasteiger partial charge in [0, 0.05) is 6.04 Å². The number of halogens is 1. The highest BCUT2D eigenvalue weighted by Crippen LogP contribution is 2.21. The molecule has 1 saturated carbocycles. The van der Waals surface area contributed by atoms with Crippen LogP contribution in [0, 0.1) is 5.82 Å². The van der Waals surface area contributed by atoms with Crippen molar-refractivity contribution in [3.63, 3.8) is 0 Å². The van der Waals surface area contributed by atoms with Crippen molar-refractivity contribution < 1.29 is 19.1 Å². The highest BCUT2D eigenvalue weighted by Gasteiger charge is 2.32. The molecule has 0 aliphatic heterocycles. The lowest BCUT2D eigenvalue weighted by Gasteiger charge is -2.23. The lowest BCUT2D eigenvalue weighted by Crippen LogP contribution is -2.47. The van der Waals surface area contributed by atoms with E-state index in [1.165, 1.54) is 31.2 Å². The van der Waals surface area contributed by atoms with Gasteiger partial charge in [-0.1, -0.05) is 25.0 Å². The summed E-state index contributed by atoms with van der Waals surface area (Å²) >= 11 is 0. The molecule has 22 heavy (non-hydrogen) atoms. The van der Waals surface area contributed by atoms with Gasteiger partial charge in [-0.2, -0.15) is 0 Å². The molecule has 120 valence electrons. The first kappa shape index (κ1) is 16.4. The number of hydrogen-bond acceptors (Lipinski definition) is 3. The number of nitrogens with one attached hydrogen (secondary N) is 2.